The van der Waals surface area contributed by atoms with Gasteiger partial charge in [-0.15, -0.1) is 0 Å². The molecule has 0 spiro atoms. The molecule has 1 aromatic heterocycles. The van der Waals surface area contributed by atoms with Crippen molar-refractivity contribution in [2.75, 3.05) is 0 Å². The second kappa shape index (κ2) is 15.5. The predicted octanol–water partition coefficient (Wildman–Crippen LogP) is 15.5. The lowest BCUT2D eigenvalue weighted by Crippen LogP contribution is -2.36. The Kier molecular flexibility index (Phi) is 8.88. The lowest BCUT2D eigenvalue weighted by atomic mass is 9.91. The van der Waals surface area contributed by atoms with Gasteiger partial charge in [0.15, 0.2) is 6.17 Å². The third kappa shape index (κ3) is 6.34. The smallest absolute Gasteiger partial charge is 0.169 e. The van der Waals surface area contributed by atoms with Gasteiger partial charge >= 0.3 is 0 Å². The zero-order valence-corrected chi connectivity index (χ0v) is 35.9. The first kappa shape index (κ1) is 37.8. The van der Waals surface area contributed by atoms with Crippen molar-refractivity contribution in [3.63, 3.8) is 0 Å². The average Bonchev–Trinajstić information content (AvgIpc) is 3.40. The molecule has 1 N–H and O–H groups in total. The summed E-state index contributed by atoms with van der Waals surface area (Å²) in [5.41, 5.74) is 10.8. The number of para-hydroxylation sites is 1. The van der Waals surface area contributed by atoms with Crippen LogP contribution < -0.4 is 5.32 Å². The van der Waals surface area contributed by atoms with E-state index in [1.165, 1.54) is 43.3 Å². The molecule has 2 heterocycles. The Bertz CT molecular complexity index is 3830. The lowest BCUT2D eigenvalue weighted by Gasteiger charge is -2.24. The van der Waals surface area contributed by atoms with Crippen molar-refractivity contribution in [1.82, 2.24) is 10.3 Å². The fraction of sp³-hybridized carbons (Fsp3) is 0.0161. The highest BCUT2D eigenvalue weighted by atomic mass is 15.2. The first-order valence-corrected chi connectivity index (χ1v) is 22.5. The minimum Gasteiger partial charge on any atom is -0.324 e. The zero-order valence-electron chi connectivity index (χ0n) is 35.9. The number of pyridine rings is 1. The molecule has 0 amide bonds. The highest BCUT2D eigenvalue weighted by molar-refractivity contribution is 6.27. The number of fused-ring (bicyclic) bond motifs is 9. The zero-order chi connectivity index (χ0) is 43.6. The van der Waals surface area contributed by atoms with Gasteiger partial charge in [0, 0.05) is 32.8 Å². The first-order chi connectivity index (χ1) is 32.7. The van der Waals surface area contributed by atoms with E-state index in [1.54, 1.807) is 0 Å². The Hall–Kier alpha value is -8.73. The van der Waals surface area contributed by atoms with Gasteiger partial charge in [-0.3, -0.25) is 0 Å². The number of aliphatic imine (C=N–C) groups is 2. The third-order valence-electron chi connectivity index (χ3n) is 13.3. The van der Waals surface area contributed by atoms with Crippen LogP contribution in [0.1, 0.15) is 22.9 Å². The molecule has 66 heavy (non-hydrogen) atoms. The monoisotopic (exact) mass is 840 g/mol. The highest BCUT2D eigenvalue weighted by Crippen LogP contribution is 2.40. The van der Waals surface area contributed by atoms with E-state index >= 15 is 0 Å². The number of nitrogens with zero attached hydrogens (tertiary/aromatic N) is 3. The Labute approximate surface area is 381 Å². The third-order valence-corrected chi connectivity index (χ3v) is 13.3. The van der Waals surface area contributed by atoms with Crippen molar-refractivity contribution in [1.29, 1.82) is 0 Å². The number of aromatic nitrogens is 1. The average molecular weight is 841 g/mol. The maximum absolute atomic E-state index is 5.45. The summed E-state index contributed by atoms with van der Waals surface area (Å²) in [6, 6.07) is 82.4. The SMILES string of the molecule is c1ccc(-c2nc3ccccc3c3c(-c4cccc(-c5ccc(C6N=C(c7cc8ccccc8c8ccccc78)NC(c7cc8ccccc8c8ccccc78)=N6)cc5)c4)cccc23)cc1. The van der Waals surface area contributed by atoms with E-state index in [1.807, 2.05) is 0 Å². The maximum Gasteiger partial charge on any atom is 0.169 e. The summed E-state index contributed by atoms with van der Waals surface area (Å²) in [4.78, 5) is 16.1. The van der Waals surface area contributed by atoms with Gasteiger partial charge in [-0.1, -0.05) is 206 Å². The second-order valence-electron chi connectivity index (χ2n) is 17.1. The van der Waals surface area contributed by atoms with Crippen LogP contribution in [-0.2, 0) is 0 Å². The van der Waals surface area contributed by atoms with E-state index in [0.29, 0.717) is 0 Å². The molecule has 11 aromatic carbocycles. The lowest BCUT2D eigenvalue weighted by molar-refractivity contribution is 0.756. The summed E-state index contributed by atoms with van der Waals surface area (Å²) in [5.74, 6) is 1.60. The summed E-state index contributed by atoms with van der Waals surface area (Å²) in [6.07, 6.45) is -0.483. The van der Waals surface area contributed by atoms with E-state index in [-0.39, 0.29) is 0 Å². The van der Waals surface area contributed by atoms with Crippen molar-refractivity contribution < 1.29 is 0 Å². The summed E-state index contributed by atoms with van der Waals surface area (Å²) in [6.45, 7) is 0. The standard InChI is InChI=1S/C62H40N4/c1-2-16-40(17-3-1)59-54-30-15-29-48(58(54)53-28-12-13-31-57(53)63-59)43-21-14-20-42(36-43)39-32-34-41(35-33-39)60-64-61(55-37-44-18-4-6-22-46(44)49-24-8-10-26-51(49)55)66-62(65-60)56-38-45-19-5-7-23-47(45)50-25-9-11-27-52(50)56/h1-38,60H,(H,64,65,66). The van der Waals surface area contributed by atoms with Crippen molar-refractivity contribution in [2.45, 2.75) is 6.17 Å². The number of rotatable bonds is 6. The molecule has 308 valence electrons. The molecule has 0 atom stereocenters. The molecule has 1 aliphatic heterocycles. The first-order valence-electron chi connectivity index (χ1n) is 22.5. The van der Waals surface area contributed by atoms with Crippen LogP contribution in [0.5, 0.6) is 0 Å². The molecule has 0 bridgehead atoms. The summed E-state index contributed by atoms with van der Waals surface area (Å²) >= 11 is 0. The quantitative estimate of drug-likeness (QED) is 0.170. The van der Waals surface area contributed by atoms with Crippen LogP contribution in [-0.4, -0.2) is 16.7 Å². The summed E-state index contributed by atoms with van der Waals surface area (Å²) < 4.78 is 0. The Morgan fingerprint density at radius 2 is 0.818 bits per heavy atom. The van der Waals surface area contributed by atoms with Crippen molar-refractivity contribution in [3.8, 4) is 33.5 Å². The van der Waals surface area contributed by atoms with Gasteiger partial charge in [0.25, 0.3) is 0 Å². The summed E-state index contributed by atoms with van der Waals surface area (Å²) in [5, 5.41) is 16.8. The van der Waals surface area contributed by atoms with E-state index in [4.69, 9.17) is 15.0 Å². The fourth-order valence-corrected chi connectivity index (χ4v) is 10.1. The highest BCUT2D eigenvalue weighted by Gasteiger charge is 2.24. The molecule has 4 heteroatoms. The largest absolute Gasteiger partial charge is 0.324 e. The van der Waals surface area contributed by atoms with Gasteiger partial charge < -0.3 is 5.32 Å². The molecular weight excluding hydrogens is 801 g/mol. The summed E-state index contributed by atoms with van der Waals surface area (Å²) in [7, 11) is 0. The van der Waals surface area contributed by atoms with Crippen LogP contribution in [0.25, 0.3) is 98.3 Å². The molecule has 4 nitrogen and oxygen atoms in total. The Morgan fingerprint density at radius 1 is 0.318 bits per heavy atom. The molecule has 0 unspecified atom stereocenters. The van der Waals surface area contributed by atoms with Crippen LogP contribution in [0.15, 0.2) is 241 Å². The Balaban J connectivity index is 0.935. The van der Waals surface area contributed by atoms with Gasteiger partial charge in [-0.2, -0.15) is 0 Å². The van der Waals surface area contributed by atoms with Crippen molar-refractivity contribution in [3.05, 3.63) is 247 Å². The van der Waals surface area contributed by atoms with E-state index in [9.17, 15) is 0 Å². The van der Waals surface area contributed by atoms with Gasteiger partial charge in [-0.25, -0.2) is 15.0 Å². The molecule has 0 radical (unpaired) electrons. The van der Waals surface area contributed by atoms with Crippen LogP contribution in [0.3, 0.4) is 0 Å². The fourth-order valence-electron chi connectivity index (χ4n) is 10.1. The predicted molar refractivity (Wildman–Crippen MR) is 277 cm³/mol. The molecule has 0 fully saturated rings. The van der Waals surface area contributed by atoms with Crippen LogP contribution in [0, 0.1) is 0 Å². The molecule has 0 saturated carbocycles. The molecule has 0 saturated heterocycles. The molecular formula is C62H40N4. The van der Waals surface area contributed by atoms with Crippen molar-refractivity contribution >= 4 is 76.4 Å². The number of hydrogen-bond donors (Lipinski definition) is 1. The van der Waals surface area contributed by atoms with E-state index in [0.717, 1.165) is 83.4 Å². The minimum atomic E-state index is -0.483. The van der Waals surface area contributed by atoms with Gasteiger partial charge in [0.2, 0.25) is 0 Å². The van der Waals surface area contributed by atoms with Crippen LogP contribution in [0.4, 0.5) is 0 Å². The molecule has 1 aliphatic rings. The van der Waals surface area contributed by atoms with Crippen molar-refractivity contribution in [2.24, 2.45) is 9.98 Å². The maximum atomic E-state index is 5.45. The van der Waals surface area contributed by atoms with Gasteiger partial charge in [-0.05, 0) is 95.2 Å². The molecule has 0 aliphatic carbocycles. The normalized spacial score (nSPS) is 13.1. The van der Waals surface area contributed by atoms with Gasteiger partial charge in [0.05, 0.1) is 11.2 Å². The molecule has 13 rings (SSSR count). The van der Waals surface area contributed by atoms with Gasteiger partial charge in [0.1, 0.15) is 11.7 Å². The van der Waals surface area contributed by atoms with E-state index in [2.05, 4.69) is 236 Å². The number of nitrogens with one attached hydrogen (secondary N) is 1. The Morgan fingerprint density at radius 3 is 1.47 bits per heavy atom. The van der Waals surface area contributed by atoms with Crippen LogP contribution >= 0.6 is 0 Å². The van der Waals surface area contributed by atoms with Crippen LogP contribution in [0.2, 0.25) is 0 Å². The minimum absolute atomic E-state index is 0.483. The number of benzene rings is 11. The second-order valence-corrected chi connectivity index (χ2v) is 17.1. The van der Waals surface area contributed by atoms with E-state index < -0.39 is 6.17 Å². The number of hydrogen-bond acceptors (Lipinski definition) is 4. The number of amidine groups is 2. The molecule has 12 aromatic rings. The topological polar surface area (TPSA) is 49.6 Å².